The van der Waals surface area contributed by atoms with Crippen molar-refractivity contribution < 1.29 is 0 Å². The molecule has 0 fully saturated rings. The third kappa shape index (κ3) is 1.27. The Labute approximate surface area is 86.0 Å². The van der Waals surface area contributed by atoms with Crippen molar-refractivity contribution in [3.63, 3.8) is 0 Å². The van der Waals surface area contributed by atoms with Crippen LogP contribution in [0.15, 0.2) is 6.33 Å². The zero-order chi connectivity index (χ0) is 10.1. The van der Waals surface area contributed by atoms with Gasteiger partial charge in [-0.2, -0.15) is 9.47 Å². The molecule has 0 saturated carbocycles. The van der Waals surface area contributed by atoms with Crippen LogP contribution in [-0.4, -0.2) is 26.2 Å². The Morgan fingerprint density at radius 3 is 2.86 bits per heavy atom. The van der Waals surface area contributed by atoms with E-state index >= 15 is 0 Å². The molecule has 0 aromatic carbocycles. The maximum Gasteiger partial charge on any atom is 0.162 e. The second-order valence-electron chi connectivity index (χ2n) is 2.93. The molecule has 0 aliphatic carbocycles. The van der Waals surface area contributed by atoms with E-state index in [1.807, 2.05) is 21.0 Å². The monoisotopic (exact) mass is 209 g/mol. The zero-order valence-corrected chi connectivity index (χ0v) is 9.09. The van der Waals surface area contributed by atoms with Gasteiger partial charge in [0.2, 0.25) is 0 Å². The van der Waals surface area contributed by atoms with Gasteiger partial charge in [-0.15, -0.1) is 0 Å². The molecule has 14 heavy (non-hydrogen) atoms. The lowest BCUT2D eigenvalue weighted by Gasteiger charge is -2.01. The average molecular weight is 209 g/mol. The van der Waals surface area contributed by atoms with Crippen molar-refractivity contribution in [1.29, 1.82) is 0 Å². The first-order valence-electron chi connectivity index (χ1n) is 4.22. The summed E-state index contributed by atoms with van der Waals surface area (Å²) in [5.41, 5.74) is 2.02. The van der Waals surface area contributed by atoms with Gasteiger partial charge in [-0.1, -0.05) is 0 Å². The van der Waals surface area contributed by atoms with E-state index in [9.17, 15) is 0 Å². The van der Waals surface area contributed by atoms with Crippen LogP contribution in [0.1, 0.15) is 5.69 Å². The summed E-state index contributed by atoms with van der Waals surface area (Å²) in [4.78, 5) is 4.21. The van der Waals surface area contributed by atoms with Gasteiger partial charge < -0.3 is 5.32 Å². The highest BCUT2D eigenvalue weighted by Gasteiger charge is 2.15. The third-order valence-electron chi connectivity index (χ3n) is 2.02. The van der Waals surface area contributed by atoms with Crippen molar-refractivity contribution >= 4 is 16.5 Å². The van der Waals surface area contributed by atoms with Crippen LogP contribution in [0.25, 0.3) is 11.4 Å². The van der Waals surface area contributed by atoms with Crippen LogP contribution in [0.4, 0.5) is 5.00 Å². The molecule has 2 aromatic heterocycles. The highest BCUT2D eigenvalue weighted by Crippen LogP contribution is 2.32. The van der Waals surface area contributed by atoms with E-state index in [4.69, 9.17) is 0 Å². The molecule has 0 amide bonds. The number of aryl methyl sites for hydroxylation is 2. The standard InChI is InChI=1S/C8H11N5S/c1-5-6(8(9-2)14-12-5)7-10-4-11-13(7)3/h4,9H,1-3H3. The lowest BCUT2D eigenvalue weighted by atomic mass is 10.2. The molecule has 0 aliphatic heterocycles. The fourth-order valence-electron chi connectivity index (χ4n) is 1.33. The molecule has 0 aliphatic rings. The largest absolute Gasteiger partial charge is 0.378 e. The summed E-state index contributed by atoms with van der Waals surface area (Å²) in [6, 6.07) is 0. The number of hydrogen-bond donors (Lipinski definition) is 1. The Kier molecular flexibility index (Phi) is 2.20. The molecule has 5 nitrogen and oxygen atoms in total. The molecule has 74 valence electrons. The Hall–Kier alpha value is -1.43. The molecule has 0 unspecified atom stereocenters. The quantitative estimate of drug-likeness (QED) is 0.809. The van der Waals surface area contributed by atoms with E-state index in [0.29, 0.717) is 0 Å². The molecule has 0 atom stereocenters. The molecule has 0 bridgehead atoms. The van der Waals surface area contributed by atoms with Gasteiger partial charge in [-0.3, -0.25) is 0 Å². The van der Waals surface area contributed by atoms with Gasteiger partial charge in [0, 0.05) is 14.1 Å². The van der Waals surface area contributed by atoms with Crippen LogP contribution in [0.5, 0.6) is 0 Å². The summed E-state index contributed by atoms with van der Waals surface area (Å²) >= 11 is 1.44. The highest BCUT2D eigenvalue weighted by molar-refractivity contribution is 7.10. The molecule has 6 heteroatoms. The highest BCUT2D eigenvalue weighted by atomic mass is 32.1. The predicted molar refractivity (Wildman–Crippen MR) is 56.4 cm³/mol. The van der Waals surface area contributed by atoms with Gasteiger partial charge in [-0.25, -0.2) is 9.67 Å². The van der Waals surface area contributed by atoms with E-state index in [1.54, 1.807) is 11.0 Å². The molecule has 2 heterocycles. The molecule has 0 saturated heterocycles. The summed E-state index contributed by atoms with van der Waals surface area (Å²) in [7, 11) is 3.76. The topological polar surface area (TPSA) is 55.6 Å². The lowest BCUT2D eigenvalue weighted by Crippen LogP contribution is -1.97. The van der Waals surface area contributed by atoms with E-state index in [2.05, 4.69) is 19.8 Å². The summed E-state index contributed by atoms with van der Waals surface area (Å²) in [6.07, 6.45) is 1.55. The van der Waals surface area contributed by atoms with Crippen molar-refractivity contribution in [1.82, 2.24) is 19.1 Å². The predicted octanol–water partition coefficient (Wildman–Crippen LogP) is 1.29. The van der Waals surface area contributed by atoms with Gasteiger partial charge in [0.1, 0.15) is 11.3 Å². The summed E-state index contributed by atoms with van der Waals surface area (Å²) in [5.74, 6) is 0.848. The minimum atomic E-state index is 0.848. The number of aromatic nitrogens is 4. The lowest BCUT2D eigenvalue weighted by molar-refractivity contribution is 0.774. The molecule has 0 radical (unpaired) electrons. The number of hydrogen-bond acceptors (Lipinski definition) is 5. The van der Waals surface area contributed by atoms with Crippen LogP contribution in [-0.2, 0) is 7.05 Å². The molecular weight excluding hydrogens is 198 g/mol. The second kappa shape index (κ2) is 3.38. The molecule has 2 rings (SSSR count). The Morgan fingerprint density at radius 2 is 2.29 bits per heavy atom. The first-order chi connectivity index (χ1) is 6.74. The van der Waals surface area contributed by atoms with Crippen LogP contribution in [0, 0.1) is 6.92 Å². The van der Waals surface area contributed by atoms with Crippen molar-refractivity contribution in [3.05, 3.63) is 12.0 Å². The minimum Gasteiger partial charge on any atom is -0.378 e. The van der Waals surface area contributed by atoms with Gasteiger partial charge >= 0.3 is 0 Å². The molecule has 2 aromatic rings. The van der Waals surface area contributed by atoms with Crippen LogP contribution < -0.4 is 5.32 Å². The van der Waals surface area contributed by atoms with Crippen molar-refractivity contribution in [2.45, 2.75) is 6.92 Å². The van der Waals surface area contributed by atoms with Crippen molar-refractivity contribution in [2.75, 3.05) is 12.4 Å². The van der Waals surface area contributed by atoms with Crippen LogP contribution in [0.2, 0.25) is 0 Å². The maximum atomic E-state index is 4.28. The molecule has 0 spiro atoms. The molecule has 1 N–H and O–H groups in total. The first-order valence-corrected chi connectivity index (χ1v) is 4.99. The SMILES string of the molecule is CNc1snc(C)c1-c1ncnn1C. The number of nitrogens with zero attached hydrogens (tertiary/aromatic N) is 4. The smallest absolute Gasteiger partial charge is 0.162 e. The number of nitrogens with one attached hydrogen (secondary N) is 1. The van der Waals surface area contributed by atoms with Crippen LogP contribution >= 0.6 is 11.5 Å². The number of anilines is 1. The van der Waals surface area contributed by atoms with Gasteiger partial charge in [0.15, 0.2) is 5.82 Å². The van der Waals surface area contributed by atoms with Gasteiger partial charge in [0.05, 0.1) is 11.3 Å². The first kappa shape index (κ1) is 9.14. The Morgan fingerprint density at radius 1 is 1.50 bits per heavy atom. The maximum absolute atomic E-state index is 4.28. The summed E-state index contributed by atoms with van der Waals surface area (Å²) in [6.45, 7) is 1.97. The van der Waals surface area contributed by atoms with Gasteiger partial charge in [0.25, 0.3) is 0 Å². The van der Waals surface area contributed by atoms with Crippen molar-refractivity contribution in [3.8, 4) is 11.4 Å². The van der Waals surface area contributed by atoms with E-state index < -0.39 is 0 Å². The Bertz CT molecular complexity index is 444. The second-order valence-corrected chi connectivity index (χ2v) is 3.70. The minimum absolute atomic E-state index is 0.848. The van der Waals surface area contributed by atoms with E-state index in [0.717, 1.165) is 22.1 Å². The van der Waals surface area contributed by atoms with Crippen molar-refractivity contribution in [2.24, 2.45) is 7.05 Å². The van der Waals surface area contributed by atoms with E-state index in [1.165, 1.54) is 11.5 Å². The normalized spacial score (nSPS) is 10.5. The summed E-state index contributed by atoms with van der Waals surface area (Å²) in [5, 5.41) is 8.18. The third-order valence-corrected chi connectivity index (χ3v) is 2.98. The fourth-order valence-corrected chi connectivity index (χ4v) is 2.07. The number of rotatable bonds is 2. The van der Waals surface area contributed by atoms with Gasteiger partial charge in [-0.05, 0) is 18.5 Å². The summed E-state index contributed by atoms with van der Waals surface area (Å²) < 4.78 is 6.03. The zero-order valence-electron chi connectivity index (χ0n) is 8.27. The fraction of sp³-hybridized carbons (Fsp3) is 0.375. The molecular formula is C8H11N5S. The van der Waals surface area contributed by atoms with Crippen LogP contribution in [0.3, 0.4) is 0 Å². The average Bonchev–Trinajstić information content (AvgIpc) is 2.72. The Balaban J connectivity index is 2.60. The van der Waals surface area contributed by atoms with E-state index in [-0.39, 0.29) is 0 Å².